The molecule has 0 fully saturated rings. The van der Waals surface area contributed by atoms with Crippen LogP contribution < -0.4 is 5.56 Å². The van der Waals surface area contributed by atoms with Crippen LogP contribution in [0.15, 0.2) is 59.4 Å². The quantitative estimate of drug-likeness (QED) is 0.645. The number of hydrogen-bond acceptors (Lipinski definition) is 3. The minimum atomic E-state index is -4.34. The second-order valence-corrected chi connectivity index (χ2v) is 6.37. The maximum Gasteiger partial charge on any atom is 0.401 e. The smallest absolute Gasteiger partial charge is 0.276 e. The zero-order valence-corrected chi connectivity index (χ0v) is 14.9. The zero-order valence-electron chi connectivity index (χ0n) is 14.9. The summed E-state index contributed by atoms with van der Waals surface area (Å²) in [6.07, 6.45) is -3.79. The van der Waals surface area contributed by atoms with Crippen LogP contribution in [0.4, 0.5) is 13.2 Å². The lowest BCUT2D eigenvalue weighted by molar-refractivity contribution is -0.149. The molecule has 0 atom stereocenters. The van der Waals surface area contributed by atoms with Crippen molar-refractivity contribution in [3.63, 3.8) is 0 Å². The van der Waals surface area contributed by atoms with E-state index in [9.17, 15) is 18.0 Å². The minimum absolute atomic E-state index is 0.211. The molecule has 0 aliphatic carbocycles. The molecule has 3 rings (SSSR count). The van der Waals surface area contributed by atoms with Crippen molar-refractivity contribution in [1.29, 1.82) is 0 Å². The maximum absolute atomic E-state index is 12.9. The molecule has 0 N–H and O–H groups in total. The van der Waals surface area contributed by atoms with Crippen molar-refractivity contribution in [2.24, 2.45) is 0 Å². The summed E-state index contributed by atoms with van der Waals surface area (Å²) in [6, 6.07) is 16.3. The van der Waals surface area contributed by atoms with Crippen molar-refractivity contribution in [2.75, 3.05) is 13.1 Å². The topological polar surface area (TPSA) is 38.1 Å². The molecule has 0 radical (unpaired) electrons. The number of nitrogens with zero attached hydrogens (tertiary/aromatic N) is 3. The van der Waals surface area contributed by atoms with Gasteiger partial charge in [0, 0.05) is 10.9 Å². The molecule has 0 amide bonds. The lowest BCUT2D eigenvalue weighted by Crippen LogP contribution is -2.40. The summed E-state index contributed by atoms with van der Waals surface area (Å²) < 4.78 is 39.8. The normalized spacial score (nSPS) is 12.0. The predicted molar refractivity (Wildman–Crippen MR) is 99.4 cm³/mol. The van der Waals surface area contributed by atoms with Crippen LogP contribution in [0.5, 0.6) is 0 Å². The van der Waals surface area contributed by atoms with Crippen LogP contribution in [0.3, 0.4) is 0 Å². The van der Waals surface area contributed by atoms with Gasteiger partial charge in [-0.15, -0.1) is 0 Å². The fourth-order valence-electron chi connectivity index (χ4n) is 3.10. The first-order valence-electron chi connectivity index (χ1n) is 8.73. The predicted octanol–water partition coefficient (Wildman–Crippen LogP) is 4.30. The Morgan fingerprint density at radius 1 is 1.00 bits per heavy atom. The van der Waals surface area contributed by atoms with E-state index in [0.717, 1.165) is 10.2 Å². The van der Waals surface area contributed by atoms with Crippen LogP contribution in [0.2, 0.25) is 0 Å². The second kappa shape index (κ2) is 7.92. The van der Waals surface area contributed by atoms with Gasteiger partial charge in [0.1, 0.15) is 0 Å². The van der Waals surface area contributed by atoms with Crippen LogP contribution in [-0.2, 0) is 6.67 Å². The third kappa shape index (κ3) is 4.54. The van der Waals surface area contributed by atoms with Gasteiger partial charge in [-0.1, -0.05) is 55.5 Å². The van der Waals surface area contributed by atoms with Crippen LogP contribution in [0.1, 0.15) is 13.3 Å². The molecule has 0 saturated carbocycles. The van der Waals surface area contributed by atoms with Gasteiger partial charge >= 0.3 is 6.18 Å². The van der Waals surface area contributed by atoms with Gasteiger partial charge in [0.15, 0.2) is 0 Å². The number of fused-ring (bicyclic) bond motifs is 1. The summed E-state index contributed by atoms with van der Waals surface area (Å²) >= 11 is 0. The van der Waals surface area contributed by atoms with E-state index in [2.05, 4.69) is 5.10 Å². The van der Waals surface area contributed by atoms with E-state index in [1.807, 2.05) is 36.4 Å². The number of benzene rings is 2. The van der Waals surface area contributed by atoms with E-state index in [1.165, 1.54) is 4.90 Å². The first-order valence-corrected chi connectivity index (χ1v) is 8.73. The molecule has 4 nitrogen and oxygen atoms in total. The molecule has 27 heavy (non-hydrogen) atoms. The van der Waals surface area contributed by atoms with Crippen molar-refractivity contribution >= 4 is 10.8 Å². The van der Waals surface area contributed by atoms with Gasteiger partial charge in [0.25, 0.3) is 5.56 Å². The molecule has 0 spiro atoms. The highest BCUT2D eigenvalue weighted by Gasteiger charge is 2.30. The van der Waals surface area contributed by atoms with Gasteiger partial charge in [-0.2, -0.15) is 18.3 Å². The number of rotatable bonds is 6. The Bertz CT molecular complexity index is 968. The van der Waals surface area contributed by atoms with Gasteiger partial charge < -0.3 is 0 Å². The number of aromatic nitrogens is 2. The second-order valence-electron chi connectivity index (χ2n) is 6.37. The van der Waals surface area contributed by atoms with E-state index in [-0.39, 0.29) is 13.2 Å². The van der Waals surface area contributed by atoms with Crippen molar-refractivity contribution in [1.82, 2.24) is 14.7 Å². The third-order valence-corrected chi connectivity index (χ3v) is 4.19. The van der Waals surface area contributed by atoms with Gasteiger partial charge in [-0.3, -0.25) is 9.69 Å². The van der Waals surface area contributed by atoms with E-state index in [0.29, 0.717) is 22.9 Å². The molecule has 0 saturated heterocycles. The Labute approximate surface area is 154 Å². The molecular weight excluding hydrogens is 355 g/mol. The van der Waals surface area contributed by atoms with Crippen molar-refractivity contribution in [2.45, 2.75) is 26.2 Å². The fourth-order valence-corrected chi connectivity index (χ4v) is 3.10. The molecule has 0 aliphatic rings. The standard InChI is InChI=1S/C20H20F3N3O/c1-2-12-25(13-20(21,22)23)14-26-19(27)17-11-7-6-10-16(17)18(24-26)15-8-4-3-5-9-15/h3-11H,2,12-14H2,1H3. The van der Waals surface area contributed by atoms with E-state index in [1.54, 1.807) is 25.1 Å². The van der Waals surface area contributed by atoms with Crippen LogP contribution >= 0.6 is 0 Å². The summed E-state index contributed by atoms with van der Waals surface area (Å²) in [5.41, 5.74) is 0.989. The van der Waals surface area contributed by atoms with Crippen molar-refractivity contribution in [3.05, 3.63) is 65.0 Å². The molecule has 1 aromatic heterocycles. The largest absolute Gasteiger partial charge is 0.401 e. The van der Waals surface area contributed by atoms with Gasteiger partial charge in [0.2, 0.25) is 0 Å². The van der Waals surface area contributed by atoms with Gasteiger partial charge in [0.05, 0.1) is 24.3 Å². The highest BCUT2D eigenvalue weighted by Crippen LogP contribution is 2.24. The maximum atomic E-state index is 12.9. The molecule has 0 aliphatic heterocycles. The molecule has 7 heteroatoms. The average Bonchev–Trinajstić information content (AvgIpc) is 2.64. The lowest BCUT2D eigenvalue weighted by atomic mass is 10.1. The van der Waals surface area contributed by atoms with E-state index >= 15 is 0 Å². The highest BCUT2D eigenvalue weighted by molar-refractivity contribution is 5.93. The van der Waals surface area contributed by atoms with Crippen LogP contribution in [0.25, 0.3) is 22.0 Å². The number of halogens is 3. The molecule has 0 unspecified atom stereocenters. The van der Waals surface area contributed by atoms with Crippen molar-refractivity contribution in [3.8, 4) is 11.3 Å². The molecule has 1 heterocycles. The van der Waals surface area contributed by atoms with Crippen LogP contribution in [0, 0.1) is 0 Å². The monoisotopic (exact) mass is 375 g/mol. The molecule has 142 valence electrons. The summed E-state index contributed by atoms with van der Waals surface area (Å²) in [5.74, 6) is 0. The van der Waals surface area contributed by atoms with Gasteiger partial charge in [-0.05, 0) is 19.0 Å². The summed E-state index contributed by atoms with van der Waals surface area (Å²) in [5, 5.41) is 5.54. The van der Waals surface area contributed by atoms with E-state index in [4.69, 9.17) is 0 Å². The highest BCUT2D eigenvalue weighted by atomic mass is 19.4. The Morgan fingerprint density at radius 3 is 2.26 bits per heavy atom. The molecular formula is C20H20F3N3O. The number of hydrogen-bond donors (Lipinski definition) is 0. The van der Waals surface area contributed by atoms with Gasteiger partial charge in [-0.25, -0.2) is 4.68 Å². The minimum Gasteiger partial charge on any atom is -0.276 e. The Balaban J connectivity index is 2.10. The SMILES string of the molecule is CCCN(Cn1nc(-c2ccccc2)c2ccccc2c1=O)CC(F)(F)F. The Kier molecular flexibility index (Phi) is 5.60. The summed E-state index contributed by atoms with van der Waals surface area (Å²) in [7, 11) is 0. The van der Waals surface area contributed by atoms with Crippen molar-refractivity contribution < 1.29 is 13.2 Å². The first kappa shape index (κ1) is 19.1. The average molecular weight is 375 g/mol. The third-order valence-electron chi connectivity index (χ3n) is 4.19. The summed E-state index contributed by atoms with van der Waals surface area (Å²) in [6.45, 7) is 0.732. The molecule has 2 aromatic carbocycles. The Morgan fingerprint density at radius 2 is 1.63 bits per heavy atom. The Hall–Kier alpha value is -2.67. The molecule has 3 aromatic rings. The summed E-state index contributed by atoms with van der Waals surface area (Å²) in [4.78, 5) is 14.0. The number of alkyl halides is 3. The molecule has 0 bridgehead atoms. The lowest BCUT2D eigenvalue weighted by Gasteiger charge is -2.23. The van der Waals surface area contributed by atoms with E-state index < -0.39 is 18.3 Å². The zero-order chi connectivity index (χ0) is 19.4. The van der Waals surface area contributed by atoms with Crippen LogP contribution in [-0.4, -0.2) is 33.9 Å². The first-order chi connectivity index (χ1) is 12.9. The fraction of sp³-hybridized carbons (Fsp3) is 0.300.